The Morgan fingerprint density at radius 1 is 1.16 bits per heavy atom. The van der Waals surface area contributed by atoms with Crippen LogP contribution in [0.25, 0.3) is 0 Å². The van der Waals surface area contributed by atoms with Crippen LogP contribution < -0.4 is 5.32 Å². The number of alkyl halides is 3. The van der Waals surface area contributed by atoms with Gasteiger partial charge in [0, 0.05) is 23.3 Å². The standard InChI is InChI=1S/C17H11F3N2O3/c18-17(19,20)14-5-1-3-12(11-14)4-2-10-21-16(23)13-6-8-15(9-7-13)22(24)25/h1,3,5-9,11H,10H2,(H,21,23). The summed E-state index contributed by atoms with van der Waals surface area (Å²) >= 11 is 0. The van der Waals surface area contributed by atoms with Gasteiger partial charge in [-0.25, -0.2) is 0 Å². The molecule has 0 heterocycles. The highest BCUT2D eigenvalue weighted by molar-refractivity contribution is 5.94. The van der Waals surface area contributed by atoms with Gasteiger partial charge in [-0.1, -0.05) is 17.9 Å². The molecule has 0 aliphatic heterocycles. The Labute approximate surface area is 140 Å². The average Bonchev–Trinajstić information content (AvgIpc) is 2.58. The van der Waals surface area contributed by atoms with Crippen molar-refractivity contribution in [3.05, 3.63) is 75.3 Å². The minimum atomic E-state index is -4.44. The largest absolute Gasteiger partial charge is 0.416 e. The van der Waals surface area contributed by atoms with Gasteiger partial charge in [-0.3, -0.25) is 14.9 Å². The van der Waals surface area contributed by atoms with Crippen LogP contribution >= 0.6 is 0 Å². The maximum absolute atomic E-state index is 12.6. The van der Waals surface area contributed by atoms with Crippen molar-refractivity contribution in [2.45, 2.75) is 6.18 Å². The summed E-state index contributed by atoms with van der Waals surface area (Å²) in [6.45, 7) is -0.0773. The number of nitrogens with zero attached hydrogens (tertiary/aromatic N) is 1. The molecule has 0 aliphatic rings. The molecule has 128 valence electrons. The molecule has 0 saturated heterocycles. The van der Waals surface area contributed by atoms with Crippen LogP contribution in [-0.4, -0.2) is 17.4 Å². The number of halogens is 3. The van der Waals surface area contributed by atoms with E-state index in [1.54, 1.807) is 0 Å². The first kappa shape index (κ1) is 18.0. The molecule has 0 aliphatic carbocycles. The number of benzene rings is 2. The Hall–Kier alpha value is -3.34. The van der Waals surface area contributed by atoms with Crippen LogP contribution in [0.2, 0.25) is 0 Å². The number of nitro benzene ring substituents is 1. The molecule has 0 fully saturated rings. The third kappa shape index (κ3) is 5.07. The zero-order chi connectivity index (χ0) is 18.4. The molecular weight excluding hydrogens is 337 g/mol. The van der Waals surface area contributed by atoms with Crippen molar-refractivity contribution in [1.29, 1.82) is 0 Å². The van der Waals surface area contributed by atoms with Gasteiger partial charge >= 0.3 is 6.18 Å². The zero-order valence-electron chi connectivity index (χ0n) is 12.6. The number of amides is 1. The van der Waals surface area contributed by atoms with Crippen molar-refractivity contribution in [1.82, 2.24) is 5.32 Å². The van der Waals surface area contributed by atoms with Gasteiger partial charge in [-0.15, -0.1) is 0 Å². The first-order chi connectivity index (χ1) is 11.8. The van der Waals surface area contributed by atoms with Crippen LogP contribution in [0.1, 0.15) is 21.5 Å². The Balaban J connectivity index is 1.96. The fourth-order valence-electron chi connectivity index (χ4n) is 1.88. The number of hydrogen-bond acceptors (Lipinski definition) is 3. The van der Waals surface area contributed by atoms with Crippen LogP contribution in [0.5, 0.6) is 0 Å². The molecule has 2 aromatic rings. The molecule has 0 spiro atoms. The third-order valence-electron chi connectivity index (χ3n) is 3.10. The van der Waals surface area contributed by atoms with Gasteiger partial charge in [-0.05, 0) is 30.3 Å². The molecule has 0 saturated carbocycles. The fraction of sp³-hybridized carbons (Fsp3) is 0.118. The van der Waals surface area contributed by atoms with Crippen LogP contribution in [0.15, 0.2) is 48.5 Å². The van der Waals surface area contributed by atoms with E-state index < -0.39 is 22.6 Å². The minimum Gasteiger partial charge on any atom is -0.341 e. The number of carbonyl (C=O) groups excluding carboxylic acids is 1. The van der Waals surface area contributed by atoms with Crippen LogP contribution in [-0.2, 0) is 6.18 Å². The van der Waals surface area contributed by atoms with Gasteiger partial charge in [-0.2, -0.15) is 13.2 Å². The number of nitro groups is 1. The predicted molar refractivity (Wildman–Crippen MR) is 83.8 cm³/mol. The molecular formula is C17H11F3N2O3. The molecule has 0 unspecified atom stereocenters. The Bertz CT molecular complexity index is 850. The summed E-state index contributed by atoms with van der Waals surface area (Å²) in [5, 5.41) is 13.0. The first-order valence-electron chi connectivity index (χ1n) is 6.96. The van der Waals surface area contributed by atoms with Gasteiger partial charge in [0.25, 0.3) is 11.6 Å². The molecule has 1 N–H and O–H groups in total. The number of nitrogens with one attached hydrogen (secondary N) is 1. The molecule has 25 heavy (non-hydrogen) atoms. The molecule has 0 aromatic heterocycles. The smallest absolute Gasteiger partial charge is 0.341 e. The van der Waals surface area contributed by atoms with E-state index in [2.05, 4.69) is 17.2 Å². The quantitative estimate of drug-likeness (QED) is 0.525. The summed E-state index contributed by atoms with van der Waals surface area (Å²) in [7, 11) is 0. The van der Waals surface area contributed by atoms with Gasteiger partial charge in [0.15, 0.2) is 0 Å². The van der Waals surface area contributed by atoms with Crippen molar-refractivity contribution in [3.8, 4) is 11.8 Å². The second kappa shape index (κ2) is 7.49. The normalized spacial score (nSPS) is 10.5. The molecule has 1 amide bonds. The maximum Gasteiger partial charge on any atom is 0.416 e. The number of carbonyl (C=O) groups is 1. The van der Waals surface area contributed by atoms with E-state index in [1.807, 2.05) is 0 Å². The summed E-state index contributed by atoms with van der Waals surface area (Å²) in [4.78, 5) is 21.8. The van der Waals surface area contributed by atoms with Crippen molar-refractivity contribution in [3.63, 3.8) is 0 Å². The van der Waals surface area contributed by atoms with E-state index in [1.165, 1.54) is 36.4 Å². The molecule has 8 heteroatoms. The highest BCUT2D eigenvalue weighted by atomic mass is 19.4. The van der Waals surface area contributed by atoms with E-state index in [4.69, 9.17) is 0 Å². The van der Waals surface area contributed by atoms with Gasteiger partial charge in [0.2, 0.25) is 0 Å². The maximum atomic E-state index is 12.6. The van der Waals surface area contributed by atoms with E-state index in [0.29, 0.717) is 0 Å². The molecule has 2 rings (SSSR count). The topological polar surface area (TPSA) is 72.2 Å². The lowest BCUT2D eigenvalue weighted by atomic mass is 10.1. The van der Waals surface area contributed by atoms with Gasteiger partial charge < -0.3 is 5.32 Å². The van der Waals surface area contributed by atoms with Gasteiger partial charge in [0.05, 0.1) is 17.0 Å². The molecule has 0 radical (unpaired) electrons. The number of hydrogen-bond donors (Lipinski definition) is 1. The van der Waals surface area contributed by atoms with E-state index >= 15 is 0 Å². The number of non-ortho nitro benzene ring substituents is 1. The SMILES string of the molecule is O=C(NCC#Cc1cccc(C(F)(F)F)c1)c1ccc([N+](=O)[O-])cc1. The van der Waals surface area contributed by atoms with Crippen molar-refractivity contribution < 1.29 is 22.9 Å². The molecule has 5 nitrogen and oxygen atoms in total. The van der Waals surface area contributed by atoms with E-state index in [9.17, 15) is 28.1 Å². The Kier molecular flexibility index (Phi) is 5.39. The lowest BCUT2D eigenvalue weighted by Crippen LogP contribution is -2.23. The number of rotatable bonds is 3. The minimum absolute atomic E-state index is 0.0773. The molecule has 0 bridgehead atoms. The van der Waals surface area contributed by atoms with Crippen molar-refractivity contribution in [2.24, 2.45) is 0 Å². The van der Waals surface area contributed by atoms with Crippen LogP contribution in [0, 0.1) is 22.0 Å². The van der Waals surface area contributed by atoms with Crippen molar-refractivity contribution >= 4 is 11.6 Å². The van der Waals surface area contributed by atoms with Crippen LogP contribution in [0.3, 0.4) is 0 Å². The zero-order valence-corrected chi connectivity index (χ0v) is 12.6. The summed E-state index contributed by atoms with van der Waals surface area (Å²) in [6.07, 6.45) is -4.44. The van der Waals surface area contributed by atoms with E-state index in [0.717, 1.165) is 12.1 Å². The third-order valence-corrected chi connectivity index (χ3v) is 3.10. The summed E-state index contributed by atoms with van der Waals surface area (Å²) in [5.74, 6) is 4.59. The van der Waals surface area contributed by atoms with Crippen LogP contribution in [0.4, 0.5) is 18.9 Å². The van der Waals surface area contributed by atoms with Gasteiger partial charge in [0.1, 0.15) is 0 Å². The lowest BCUT2D eigenvalue weighted by Gasteiger charge is -2.05. The van der Waals surface area contributed by atoms with Crippen molar-refractivity contribution in [2.75, 3.05) is 6.54 Å². The highest BCUT2D eigenvalue weighted by Gasteiger charge is 2.30. The highest BCUT2D eigenvalue weighted by Crippen LogP contribution is 2.29. The summed E-state index contributed by atoms with van der Waals surface area (Å²) in [6, 6.07) is 9.54. The second-order valence-corrected chi connectivity index (χ2v) is 4.87. The predicted octanol–water partition coefficient (Wildman–Crippen LogP) is 3.40. The monoisotopic (exact) mass is 348 g/mol. The summed E-state index contributed by atoms with van der Waals surface area (Å²) in [5.41, 5.74) is -0.541. The summed E-state index contributed by atoms with van der Waals surface area (Å²) < 4.78 is 37.7. The molecule has 2 aromatic carbocycles. The van der Waals surface area contributed by atoms with E-state index in [-0.39, 0.29) is 23.4 Å². The second-order valence-electron chi connectivity index (χ2n) is 4.87. The fourth-order valence-corrected chi connectivity index (χ4v) is 1.88. The Morgan fingerprint density at radius 2 is 1.84 bits per heavy atom. The average molecular weight is 348 g/mol. The molecule has 0 atom stereocenters. The first-order valence-corrected chi connectivity index (χ1v) is 6.96. The Morgan fingerprint density at radius 3 is 2.44 bits per heavy atom. The lowest BCUT2D eigenvalue weighted by molar-refractivity contribution is -0.384.